The molecule has 0 spiro atoms. The summed E-state index contributed by atoms with van der Waals surface area (Å²) in [7, 11) is 0. The maximum atomic E-state index is 13.2. The highest BCUT2D eigenvalue weighted by atomic mass is 35.5. The zero-order valence-electron chi connectivity index (χ0n) is 12.5. The van der Waals surface area contributed by atoms with Crippen LogP contribution in [0.1, 0.15) is 17.5 Å². The molecule has 0 amide bonds. The molecule has 1 unspecified atom stereocenters. The Morgan fingerprint density at radius 2 is 1.96 bits per heavy atom. The standard InChI is InChI=1S/C16H11ClF3NO4/c17-12-8-9(21(23)24)4-5-14(12)25-13-3-1-2-11-10(13)6-7-15(11,22)16(18,19)20/h1-5,8,22H,6-7H2. The number of alkyl halides is 3. The third-order valence-electron chi connectivity index (χ3n) is 4.13. The lowest BCUT2D eigenvalue weighted by Crippen LogP contribution is -2.40. The first-order valence-electron chi connectivity index (χ1n) is 7.17. The van der Waals surface area contributed by atoms with Crippen LogP contribution < -0.4 is 4.74 Å². The smallest absolute Gasteiger partial charge is 0.421 e. The van der Waals surface area contributed by atoms with Gasteiger partial charge in [0.1, 0.15) is 11.5 Å². The number of rotatable bonds is 3. The first kappa shape index (κ1) is 17.5. The molecule has 0 aliphatic heterocycles. The topological polar surface area (TPSA) is 72.6 Å². The van der Waals surface area contributed by atoms with Crippen molar-refractivity contribution in [3.63, 3.8) is 0 Å². The third kappa shape index (κ3) is 2.91. The number of fused-ring (bicyclic) bond motifs is 1. The molecule has 0 aromatic heterocycles. The number of ether oxygens (including phenoxy) is 1. The maximum absolute atomic E-state index is 13.2. The molecule has 0 saturated carbocycles. The van der Waals surface area contributed by atoms with Gasteiger partial charge in [0, 0.05) is 17.7 Å². The number of aliphatic hydroxyl groups is 1. The lowest BCUT2D eigenvalue weighted by molar-refractivity contribution is -0.384. The fraction of sp³-hybridized carbons (Fsp3) is 0.250. The molecule has 0 saturated heterocycles. The van der Waals surface area contributed by atoms with Gasteiger partial charge < -0.3 is 9.84 Å². The van der Waals surface area contributed by atoms with Gasteiger partial charge in [-0.05, 0) is 30.5 Å². The van der Waals surface area contributed by atoms with Crippen molar-refractivity contribution in [1.29, 1.82) is 0 Å². The van der Waals surface area contributed by atoms with Crippen LogP contribution in [0.25, 0.3) is 0 Å². The van der Waals surface area contributed by atoms with Crippen molar-refractivity contribution in [2.75, 3.05) is 0 Å². The summed E-state index contributed by atoms with van der Waals surface area (Å²) in [5.74, 6) is 0.191. The predicted octanol–water partition coefficient (Wildman–Crippen LogP) is 4.74. The van der Waals surface area contributed by atoms with Crippen molar-refractivity contribution in [3.05, 3.63) is 62.7 Å². The second-order valence-corrected chi connectivity index (χ2v) is 6.02. The quantitative estimate of drug-likeness (QED) is 0.623. The van der Waals surface area contributed by atoms with Crippen molar-refractivity contribution in [1.82, 2.24) is 0 Å². The summed E-state index contributed by atoms with van der Waals surface area (Å²) < 4.78 is 45.1. The summed E-state index contributed by atoms with van der Waals surface area (Å²) in [6.45, 7) is 0. The molecule has 2 aromatic rings. The van der Waals surface area contributed by atoms with E-state index in [0.717, 1.165) is 6.07 Å². The molecule has 0 radical (unpaired) electrons. The van der Waals surface area contributed by atoms with E-state index in [9.17, 15) is 28.4 Å². The molecule has 132 valence electrons. The molecule has 1 N–H and O–H groups in total. The molecule has 0 heterocycles. The van der Waals surface area contributed by atoms with Crippen LogP contribution in [-0.2, 0) is 12.0 Å². The van der Waals surface area contributed by atoms with Gasteiger partial charge in [-0.3, -0.25) is 10.1 Å². The van der Waals surface area contributed by atoms with E-state index in [1.54, 1.807) is 0 Å². The largest absolute Gasteiger partial charge is 0.455 e. The summed E-state index contributed by atoms with van der Waals surface area (Å²) in [6, 6.07) is 7.54. The zero-order valence-corrected chi connectivity index (χ0v) is 13.3. The van der Waals surface area contributed by atoms with Gasteiger partial charge in [0.15, 0.2) is 5.60 Å². The average molecular weight is 374 g/mol. The van der Waals surface area contributed by atoms with Crippen LogP contribution in [0.4, 0.5) is 18.9 Å². The lowest BCUT2D eigenvalue weighted by Gasteiger charge is -2.27. The molecular weight excluding hydrogens is 363 g/mol. The van der Waals surface area contributed by atoms with Gasteiger partial charge in [-0.1, -0.05) is 23.7 Å². The van der Waals surface area contributed by atoms with Crippen molar-refractivity contribution >= 4 is 17.3 Å². The van der Waals surface area contributed by atoms with E-state index in [2.05, 4.69) is 0 Å². The molecule has 2 aromatic carbocycles. The highest BCUT2D eigenvalue weighted by molar-refractivity contribution is 6.32. The Bertz CT molecular complexity index is 856. The van der Waals surface area contributed by atoms with E-state index in [1.165, 1.54) is 30.3 Å². The van der Waals surface area contributed by atoms with Crippen molar-refractivity contribution in [3.8, 4) is 11.5 Å². The molecule has 1 aliphatic rings. The van der Waals surface area contributed by atoms with Gasteiger partial charge in [0.05, 0.1) is 9.95 Å². The lowest BCUT2D eigenvalue weighted by atomic mass is 9.95. The van der Waals surface area contributed by atoms with Gasteiger partial charge in [-0.25, -0.2) is 0 Å². The molecule has 25 heavy (non-hydrogen) atoms. The van der Waals surface area contributed by atoms with Crippen LogP contribution >= 0.6 is 11.6 Å². The molecule has 5 nitrogen and oxygen atoms in total. The summed E-state index contributed by atoms with van der Waals surface area (Å²) in [4.78, 5) is 10.1. The van der Waals surface area contributed by atoms with E-state index in [1.807, 2.05) is 0 Å². The van der Waals surface area contributed by atoms with Gasteiger partial charge in [0.25, 0.3) is 5.69 Å². The van der Waals surface area contributed by atoms with E-state index >= 15 is 0 Å². The first-order valence-corrected chi connectivity index (χ1v) is 7.54. The molecule has 1 atom stereocenters. The van der Waals surface area contributed by atoms with Crippen molar-refractivity contribution < 1.29 is 27.9 Å². The minimum absolute atomic E-state index is 0.0217. The Kier molecular flexibility index (Phi) is 4.12. The third-order valence-corrected chi connectivity index (χ3v) is 4.43. The molecule has 0 fully saturated rings. The van der Waals surface area contributed by atoms with E-state index in [-0.39, 0.29) is 39.8 Å². The van der Waals surface area contributed by atoms with E-state index in [0.29, 0.717) is 0 Å². The van der Waals surface area contributed by atoms with Crippen molar-refractivity contribution in [2.24, 2.45) is 0 Å². The van der Waals surface area contributed by atoms with Crippen molar-refractivity contribution in [2.45, 2.75) is 24.6 Å². The predicted molar refractivity (Wildman–Crippen MR) is 82.9 cm³/mol. The Balaban J connectivity index is 1.98. The number of halogens is 4. The molecular formula is C16H11ClF3NO4. The summed E-state index contributed by atoms with van der Waals surface area (Å²) in [6.07, 6.45) is -5.33. The highest BCUT2D eigenvalue weighted by Crippen LogP contribution is 2.50. The molecule has 1 aliphatic carbocycles. The molecule has 0 bridgehead atoms. The summed E-state index contributed by atoms with van der Waals surface area (Å²) in [5.41, 5.74) is -3.17. The Morgan fingerprint density at radius 3 is 2.56 bits per heavy atom. The number of nitro groups is 1. The Labute approximate surface area is 144 Å². The second kappa shape index (κ2) is 5.89. The first-order chi connectivity index (χ1) is 11.6. The second-order valence-electron chi connectivity index (χ2n) is 5.61. The van der Waals surface area contributed by atoms with Crippen LogP contribution in [0.5, 0.6) is 11.5 Å². The number of non-ortho nitro benzene ring substituents is 1. The maximum Gasteiger partial charge on any atom is 0.421 e. The highest BCUT2D eigenvalue weighted by Gasteiger charge is 2.58. The number of hydrogen-bond acceptors (Lipinski definition) is 4. The van der Waals surface area contributed by atoms with Crippen LogP contribution in [0.3, 0.4) is 0 Å². The fourth-order valence-electron chi connectivity index (χ4n) is 2.85. The summed E-state index contributed by atoms with van der Waals surface area (Å²) >= 11 is 5.94. The number of benzene rings is 2. The number of nitro benzene ring substituents is 1. The molecule has 9 heteroatoms. The average Bonchev–Trinajstić information content (AvgIpc) is 2.89. The minimum Gasteiger partial charge on any atom is -0.455 e. The van der Waals surface area contributed by atoms with Crippen LogP contribution in [0.15, 0.2) is 36.4 Å². The molecule has 3 rings (SSSR count). The van der Waals surface area contributed by atoms with Gasteiger partial charge in [-0.2, -0.15) is 13.2 Å². The number of hydrogen-bond donors (Lipinski definition) is 1. The van der Waals surface area contributed by atoms with E-state index < -0.39 is 23.1 Å². The van der Waals surface area contributed by atoms with Crippen LogP contribution in [-0.4, -0.2) is 16.2 Å². The van der Waals surface area contributed by atoms with Crippen LogP contribution in [0.2, 0.25) is 5.02 Å². The monoisotopic (exact) mass is 373 g/mol. The number of nitrogens with zero attached hydrogens (tertiary/aromatic N) is 1. The minimum atomic E-state index is -4.80. The fourth-order valence-corrected chi connectivity index (χ4v) is 3.06. The SMILES string of the molecule is O=[N+]([O-])c1ccc(Oc2cccc3c2CCC3(O)C(F)(F)F)c(Cl)c1. The summed E-state index contributed by atoms with van der Waals surface area (Å²) in [5, 5.41) is 20.7. The van der Waals surface area contributed by atoms with Gasteiger partial charge in [0.2, 0.25) is 0 Å². The van der Waals surface area contributed by atoms with E-state index in [4.69, 9.17) is 16.3 Å². The van der Waals surface area contributed by atoms with Gasteiger partial charge in [-0.15, -0.1) is 0 Å². The zero-order chi connectivity index (χ0) is 18.4. The Hall–Kier alpha value is -2.32. The van der Waals surface area contributed by atoms with Gasteiger partial charge >= 0.3 is 6.18 Å². The van der Waals surface area contributed by atoms with Crippen LogP contribution in [0, 0.1) is 10.1 Å². The Morgan fingerprint density at radius 1 is 1.24 bits per heavy atom. The normalized spacial score (nSPS) is 19.6.